The van der Waals surface area contributed by atoms with Crippen LogP contribution in [0.2, 0.25) is 5.02 Å². The lowest BCUT2D eigenvalue weighted by atomic mass is 10.1. The van der Waals surface area contributed by atoms with Crippen molar-refractivity contribution in [3.05, 3.63) is 83.7 Å². The number of benzene rings is 1. The van der Waals surface area contributed by atoms with Gasteiger partial charge in [-0.3, -0.25) is 14.3 Å². The minimum Gasteiger partial charge on any atom is -0.348 e. The Morgan fingerprint density at radius 3 is 2.85 bits per heavy atom. The highest BCUT2D eigenvalue weighted by Crippen LogP contribution is 2.22. The van der Waals surface area contributed by atoms with Crippen molar-refractivity contribution in [3.8, 4) is 5.82 Å². The van der Waals surface area contributed by atoms with E-state index in [0.717, 1.165) is 16.8 Å². The Kier molecular flexibility index (Phi) is 4.33. The minimum absolute atomic E-state index is 0.227. The molecule has 1 N–H and O–H groups in total. The third kappa shape index (κ3) is 3.27. The van der Waals surface area contributed by atoms with Crippen molar-refractivity contribution >= 4 is 28.4 Å². The van der Waals surface area contributed by atoms with E-state index in [1.165, 1.54) is 0 Å². The molecule has 1 aromatic carbocycles. The number of hydrogen-bond donors (Lipinski definition) is 1. The highest BCUT2D eigenvalue weighted by atomic mass is 35.5. The second-order valence-corrected chi connectivity index (χ2v) is 6.14. The van der Waals surface area contributed by atoms with E-state index < -0.39 is 0 Å². The van der Waals surface area contributed by atoms with Crippen molar-refractivity contribution in [2.45, 2.75) is 6.54 Å². The van der Waals surface area contributed by atoms with Gasteiger partial charge < -0.3 is 5.32 Å². The number of imidazole rings is 1. The summed E-state index contributed by atoms with van der Waals surface area (Å²) in [5.41, 5.74) is 1.97. The van der Waals surface area contributed by atoms with Crippen molar-refractivity contribution in [1.82, 2.24) is 24.8 Å². The summed E-state index contributed by atoms with van der Waals surface area (Å²) in [5.74, 6) is 0.539. The van der Waals surface area contributed by atoms with Gasteiger partial charge in [0.15, 0.2) is 0 Å². The second kappa shape index (κ2) is 6.93. The lowest BCUT2D eigenvalue weighted by molar-refractivity contribution is 0.0952. The van der Waals surface area contributed by atoms with E-state index in [9.17, 15) is 4.79 Å². The van der Waals surface area contributed by atoms with Gasteiger partial charge in [0.05, 0.1) is 11.1 Å². The van der Waals surface area contributed by atoms with Gasteiger partial charge in [-0.1, -0.05) is 23.7 Å². The number of nitrogens with one attached hydrogen (secondary N) is 1. The van der Waals surface area contributed by atoms with E-state index in [4.69, 9.17) is 11.6 Å². The summed E-state index contributed by atoms with van der Waals surface area (Å²) in [5, 5.41) is 4.22. The Hall–Kier alpha value is -3.25. The molecule has 0 saturated heterocycles. The monoisotopic (exact) mass is 363 g/mol. The molecule has 0 bridgehead atoms. The zero-order valence-electron chi connectivity index (χ0n) is 13.6. The molecular formula is C19H14ClN5O. The summed E-state index contributed by atoms with van der Waals surface area (Å²) in [6.45, 7) is 0.358. The van der Waals surface area contributed by atoms with Gasteiger partial charge >= 0.3 is 0 Å². The molecule has 0 fully saturated rings. The molecule has 1 amide bonds. The number of fused-ring (bicyclic) bond motifs is 1. The molecule has 0 spiro atoms. The molecule has 26 heavy (non-hydrogen) atoms. The quantitative estimate of drug-likeness (QED) is 0.603. The Balaban J connectivity index is 1.51. The Labute approximate surface area is 154 Å². The molecule has 3 aromatic heterocycles. The Bertz CT molecular complexity index is 1060. The third-order valence-corrected chi connectivity index (χ3v) is 4.16. The molecular weight excluding hydrogens is 350 g/mol. The van der Waals surface area contributed by atoms with Crippen molar-refractivity contribution in [3.63, 3.8) is 0 Å². The van der Waals surface area contributed by atoms with Crippen LogP contribution in [0.5, 0.6) is 0 Å². The van der Waals surface area contributed by atoms with Crippen LogP contribution < -0.4 is 5.32 Å². The van der Waals surface area contributed by atoms with Crippen LogP contribution in [0.1, 0.15) is 15.9 Å². The highest BCUT2D eigenvalue weighted by molar-refractivity contribution is 6.32. The summed E-state index contributed by atoms with van der Waals surface area (Å²) in [7, 11) is 0. The van der Waals surface area contributed by atoms with E-state index in [1.54, 1.807) is 37.1 Å². The normalized spacial score (nSPS) is 10.8. The van der Waals surface area contributed by atoms with E-state index in [0.29, 0.717) is 22.6 Å². The third-order valence-electron chi connectivity index (χ3n) is 3.95. The van der Waals surface area contributed by atoms with Gasteiger partial charge in [0.25, 0.3) is 5.91 Å². The zero-order chi connectivity index (χ0) is 17.9. The van der Waals surface area contributed by atoms with Gasteiger partial charge in [-0.05, 0) is 29.8 Å². The SMILES string of the molecule is O=C(NCc1ccc(-n2ccnc2)nc1)c1cc(Cl)cc2cccnc12. The maximum absolute atomic E-state index is 12.6. The molecule has 0 radical (unpaired) electrons. The summed E-state index contributed by atoms with van der Waals surface area (Å²) in [6.07, 6.45) is 8.58. The topological polar surface area (TPSA) is 72.7 Å². The molecule has 0 aliphatic carbocycles. The number of rotatable bonds is 4. The second-order valence-electron chi connectivity index (χ2n) is 5.71. The molecule has 0 aliphatic heterocycles. The molecule has 7 heteroatoms. The smallest absolute Gasteiger partial charge is 0.253 e. The maximum atomic E-state index is 12.6. The molecule has 0 saturated carbocycles. The molecule has 0 aliphatic rings. The fourth-order valence-corrected chi connectivity index (χ4v) is 2.90. The molecule has 0 atom stereocenters. The van der Waals surface area contributed by atoms with E-state index >= 15 is 0 Å². The predicted molar refractivity (Wildman–Crippen MR) is 99.3 cm³/mol. The first-order chi connectivity index (χ1) is 12.7. The molecule has 3 heterocycles. The number of pyridine rings is 2. The predicted octanol–water partition coefficient (Wildman–Crippen LogP) is 3.40. The van der Waals surface area contributed by atoms with Crippen molar-refractivity contribution in [1.29, 1.82) is 0 Å². The van der Waals surface area contributed by atoms with Crippen molar-refractivity contribution in [2.75, 3.05) is 0 Å². The average Bonchev–Trinajstić information content (AvgIpc) is 3.20. The van der Waals surface area contributed by atoms with Crippen LogP contribution in [0.3, 0.4) is 0 Å². The minimum atomic E-state index is -0.227. The van der Waals surface area contributed by atoms with Gasteiger partial charge in [0, 0.05) is 41.7 Å². The van der Waals surface area contributed by atoms with Gasteiger partial charge in [-0.25, -0.2) is 9.97 Å². The fourth-order valence-electron chi connectivity index (χ4n) is 2.68. The van der Waals surface area contributed by atoms with E-state index in [1.807, 2.05) is 35.0 Å². The fraction of sp³-hybridized carbons (Fsp3) is 0.0526. The first-order valence-corrected chi connectivity index (χ1v) is 8.34. The maximum Gasteiger partial charge on any atom is 0.253 e. The van der Waals surface area contributed by atoms with Gasteiger partial charge in [-0.2, -0.15) is 0 Å². The Morgan fingerprint density at radius 1 is 1.15 bits per heavy atom. The van der Waals surface area contributed by atoms with Crippen LogP contribution in [0.15, 0.2) is 67.5 Å². The van der Waals surface area contributed by atoms with Crippen LogP contribution in [0.4, 0.5) is 0 Å². The van der Waals surface area contributed by atoms with Gasteiger partial charge in [-0.15, -0.1) is 0 Å². The first kappa shape index (κ1) is 16.2. The van der Waals surface area contributed by atoms with Crippen molar-refractivity contribution in [2.24, 2.45) is 0 Å². The van der Waals surface area contributed by atoms with E-state index in [-0.39, 0.29) is 5.91 Å². The number of amides is 1. The number of nitrogens with zero attached hydrogens (tertiary/aromatic N) is 4. The summed E-state index contributed by atoms with van der Waals surface area (Å²) < 4.78 is 1.81. The summed E-state index contributed by atoms with van der Waals surface area (Å²) in [4.78, 5) is 25.3. The van der Waals surface area contributed by atoms with Gasteiger partial charge in [0.2, 0.25) is 0 Å². The summed E-state index contributed by atoms with van der Waals surface area (Å²) in [6, 6.07) is 10.9. The largest absolute Gasteiger partial charge is 0.348 e. The van der Waals surface area contributed by atoms with E-state index in [2.05, 4.69) is 20.3 Å². The number of carbonyl (C=O) groups is 1. The molecule has 4 rings (SSSR count). The van der Waals surface area contributed by atoms with Crippen LogP contribution in [0.25, 0.3) is 16.7 Å². The number of hydrogen-bond acceptors (Lipinski definition) is 4. The Morgan fingerprint density at radius 2 is 2.08 bits per heavy atom. The lowest BCUT2D eigenvalue weighted by Crippen LogP contribution is -2.23. The number of carbonyl (C=O) groups excluding carboxylic acids is 1. The van der Waals surface area contributed by atoms with Crippen LogP contribution in [0, 0.1) is 0 Å². The summed E-state index contributed by atoms with van der Waals surface area (Å²) >= 11 is 6.13. The number of aromatic nitrogens is 4. The van der Waals surface area contributed by atoms with Crippen molar-refractivity contribution < 1.29 is 4.79 Å². The molecule has 4 aromatic rings. The molecule has 0 unspecified atom stereocenters. The van der Waals surface area contributed by atoms with Crippen LogP contribution >= 0.6 is 11.6 Å². The standard InChI is InChI=1S/C19H14ClN5O/c20-15-8-14-2-1-5-22-18(14)16(9-15)19(26)24-11-13-3-4-17(23-10-13)25-7-6-21-12-25/h1-10,12H,11H2,(H,24,26). The van der Waals surface area contributed by atoms with Crippen LogP contribution in [-0.2, 0) is 6.54 Å². The number of halogens is 1. The first-order valence-electron chi connectivity index (χ1n) is 7.96. The zero-order valence-corrected chi connectivity index (χ0v) is 14.4. The average molecular weight is 364 g/mol. The molecule has 128 valence electrons. The molecule has 6 nitrogen and oxygen atoms in total. The van der Waals surface area contributed by atoms with Gasteiger partial charge in [0.1, 0.15) is 12.1 Å². The van der Waals surface area contributed by atoms with Crippen LogP contribution in [-0.4, -0.2) is 25.4 Å². The highest BCUT2D eigenvalue weighted by Gasteiger charge is 2.12. The lowest BCUT2D eigenvalue weighted by Gasteiger charge is -2.09.